The van der Waals surface area contributed by atoms with E-state index in [9.17, 15) is 4.79 Å². The number of benzene rings is 1. The average Bonchev–Trinajstić information content (AvgIpc) is 3.02. The van der Waals surface area contributed by atoms with E-state index in [0.29, 0.717) is 24.3 Å². The highest BCUT2D eigenvalue weighted by molar-refractivity contribution is 5.87. The predicted molar refractivity (Wildman–Crippen MR) is 107 cm³/mol. The molecule has 1 saturated carbocycles. The molecule has 2 aliphatic rings. The average molecular weight is 353 g/mol. The number of carbonyl (C=O) groups is 1. The van der Waals surface area contributed by atoms with Crippen LogP contribution in [0.25, 0.3) is 10.9 Å². The maximum Gasteiger partial charge on any atom is 0.223 e. The number of nitrogens with one attached hydrogen (secondary N) is 1. The lowest BCUT2D eigenvalue weighted by molar-refractivity contribution is -0.141. The number of carbonyl (C=O) groups excluding carboxylic acids is 1. The SMILES string of the molecule is Cc1cccc2[nH]cc(CCC(=O)N3CC(C)(C)CC4CCCCC43)c12. The van der Waals surface area contributed by atoms with E-state index in [1.165, 1.54) is 54.1 Å². The molecule has 0 radical (unpaired) electrons. The van der Waals surface area contributed by atoms with Crippen molar-refractivity contribution in [2.75, 3.05) is 6.54 Å². The quantitative estimate of drug-likeness (QED) is 0.807. The molecule has 3 heteroatoms. The highest BCUT2D eigenvalue weighted by Gasteiger charge is 2.42. The van der Waals surface area contributed by atoms with E-state index in [-0.39, 0.29) is 5.41 Å². The first-order chi connectivity index (χ1) is 12.4. The number of amides is 1. The summed E-state index contributed by atoms with van der Waals surface area (Å²) in [6.45, 7) is 7.75. The Hall–Kier alpha value is -1.77. The molecule has 1 aliphatic heterocycles. The summed E-state index contributed by atoms with van der Waals surface area (Å²) in [4.78, 5) is 18.8. The van der Waals surface area contributed by atoms with Gasteiger partial charge in [0.2, 0.25) is 5.91 Å². The van der Waals surface area contributed by atoms with Crippen molar-refractivity contribution in [3.8, 4) is 0 Å². The normalized spacial score (nSPS) is 25.3. The molecule has 1 amide bonds. The molecule has 2 aromatic rings. The van der Waals surface area contributed by atoms with Crippen LogP contribution in [0.3, 0.4) is 0 Å². The summed E-state index contributed by atoms with van der Waals surface area (Å²) in [7, 11) is 0. The van der Waals surface area contributed by atoms with E-state index in [2.05, 4.69) is 55.1 Å². The van der Waals surface area contributed by atoms with E-state index in [1.807, 2.05) is 0 Å². The minimum atomic E-state index is 0.255. The maximum atomic E-state index is 13.2. The molecule has 26 heavy (non-hydrogen) atoms. The molecule has 1 aromatic heterocycles. The molecule has 1 saturated heterocycles. The van der Waals surface area contributed by atoms with Gasteiger partial charge in [0, 0.05) is 36.1 Å². The van der Waals surface area contributed by atoms with Gasteiger partial charge in [-0.05, 0) is 61.1 Å². The van der Waals surface area contributed by atoms with E-state index < -0.39 is 0 Å². The number of aromatic nitrogens is 1. The van der Waals surface area contributed by atoms with E-state index in [0.717, 1.165) is 13.0 Å². The highest BCUT2D eigenvalue weighted by Crippen LogP contribution is 2.42. The van der Waals surface area contributed by atoms with Crippen molar-refractivity contribution >= 4 is 16.8 Å². The van der Waals surface area contributed by atoms with Crippen molar-refractivity contribution in [2.45, 2.75) is 71.8 Å². The Labute approximate surface area is 157 Å². The highest BCUT2D eigenvalue weighted by atomic mass is 16.2. The third kappa shape index (κ3) is 3.28. The number of hydrogen-bond donors (Lipinski definition) is 1. The van der Waals surface area contributed by atoms with Crippen molar-refractivity contribution in [2.24, 2.45) is 11.3 Å². The van der Waals surface area contributed by atoms with Gasteiger partial charge in [0.25, 0.3) is 0 Å². The van der Waals surface area contributed by atoms with Crippen molar-refractivity contribution in [1.29, 1.82) is 0 Å². The number of likely N-dealkylation sites (tertiary alicyclic amines) is 1. The topological polar surface area (TPSA) is 36.1 Å². The van der Waals surface area contributed by atoms with Gasteiger partial charge in [0.05, 0.1) is 0 Å². The minimum Gasteiger partial charge on any atom is -0.361 e. The molecule has 1 N–H and O–H groups in total. The summed E-state index contributed by atoms with van der Waals surface area (Å²) in [6.07, 6.45) is 9.97. The van der Waals surface area contributed by atoms with Crippen LogP contribution in [0.1, 0.15) is 63.5 Å². The molecule has 2 heterocycles. The third-order valence-corrected chi connectivity index (χ3v) is 6.61. The standard InChI is InChI=1S/C23H32N2O/c1-16-7-6-9-19-22(16)18(14-24-19)11-12-21(26)25-15-23(2,3)13-17-8-4-5-10-20(17)25/h6-7,9,14,17,20,24H,4-5,8,10-13,15H2,1-3H3. The Morgan fingerprint density at radius 1 is 1.27 bits per heavy atom. The van der Waals surface area contributed by atoms with Gasteiger partial charge in [-0.1, -0.05) is 38.8 Å². The Kier molecular flexibility index (Phi) is 4.58. The van der Waals surface area contributed by atoms with Crippen LogP contribution in [-0.4, -0.2) is 28.4 Å². The number of aromatic amines is 1. The first kappa shape index (κ1) is 17.6. The van der Waals surface area contributed by atoms with Gasteiger partial charge < -0.3 is 9.88 Å². The number of H-pyrrole nitrogens is 1. The number of hydrogen-bond acceptors (Lipinski definition) is 1. The summed E-state index contributed by atoms with van der Waals surface area (Å²) < 4.78 is 0. The van der Waals surface area contributed by atoms with Gasteiger partial charge >= 0.3 is 0 Å². The molecule has 2 unspecified atom stereocenters. The van der Waals surface area contributed by atoms with Crippen LogP contribution < -0.4 is 0 Å². The van der Waals surface area contributed by atoms with Gasteiger partial charge in [0.1, 0.15) is 0 Å². The number of fused-ring (bicyclic) bond motifs is 2. The lowest BCUT2D eigenvalue weighted by atomic mass is 9.69. The molecule has 140 valence electrons. The Bertz CT molecular complexity index is 804. The summed E-state index contributed by atoms with van der Waals surface area (Å²) in [5.41, 5.74) is 4.00. The van der Waals surface area contributed by atoms with Gasteiger partial charge in [-0.25, -0.2) is 0 Å². The number of nitrogens with zero attached hydrogens (tertiary/aromatic N) is 1. The molecule has 0 bridgehead atoms. The predicted octanol–water partition coefficient (Wildman–Crippen LogP) is 5.23. The maximum absolute atomic E-state index is 13.2. The van der Waals surface area contributed by atoms with Crippen LogP contribution in [-0.2, 0) is 11.2 Å². The Morgan fingerprint density at radius 3 is 2.92 bits per heavy atom. The Morgan fingerprint density at radius 2 is 2.08 bits per heavy atom. The van der Waals surface area contributed by atoms with E-state index in [4.69, 9.17) is 0 Å². The van der Waals surface area contributed by atoms with Crippen LogP contribution in [0.4, 0.5) is 0 Å². The van der Waals surface area contributed by atoms with Crippen molar-refractivity contribution in [1.82, 2.24) is 9.88 Å². The second-order valence-electron chi connectivity index (χ2n) is 9.31. The van der Waals surface area contributed by atoms with E-state index in [1.54, 1.807) is 0 Å². The summed E-state index contributed by atoms with van der Waals surface area (Å²) in [6, 6.07) is 6.85. The fourth-order valence-electron chi connectivity index (χ4n) is 5.50. The van der Waals surface area contributed by atoms with Crippen LogP contribution in [0.5, 0.6) is 0 Å². The molecule has 2 fully saturated rings. The van der Waals surface area contributed by atoms with Gasteiger partial charge in [-0.2, -0.15) is 0 Å². The Balaban J connectivity index is 1.49. The zero-order valence-electron chi connectivity index (χ0n) is 16.5. The zero-order valence-corrected chi connectivity index (χ0v) is 16.5. The number of piperidine rings is 1. The van der Waals surface area contributed by atoms with Crippen molar-refractivity contribution in [3.63, 3.8) is 0 Å². The van der Waals surface area contributed by atoms with Crippen LogP contribution in [0.15, 0.2) is 24.4 Å². The summed E-state index contributed by atoms with van der Waals surface area (Å²) in [5.74, 6) is 1.07. The minimum absolute atomic E-state index is 0.255. The molecular formula is C23H32N2O. The lowest BCUT2D eigenvalue weighted by Crippen LogP contribution is -2.55. The third-order valence-electron chi connectivity index (χ3n) is 6.61. The van der Waals surface area contributed by atoms with Gasteiger partial charge in [-0.3, -0.25) is 4.79 Å². The monoisotopic (exact) mass is 352 g/mol. The smallest absolute Gasteiger partial charge is 0.223 e. The summed E-state index contributed by atoms with van der Waals surface area (Å²) >= 11 is 0. The van der Waals surface area contributed by atoms with Crippen molar-refractivity contribution in [3.05, 3.63) is 35.5 Å². The summed E-state index contributed by atoms with van der Waals surface area (Å²) in [5, 5.41) is 1.30. The molecule has 1 aliphatic carbocycles. The van der Waals surface area contributed by atoms with Crippen LogP contribution in [0.2, 0.25) is 0 Å². The number of rotatable bonds is 3. The molecule has 2 atom stereocenters. The van der Waals surface area contributed by atoms with Gasteiger partial charge in [0.15, 0.2) is 0 Å². The second-order valence-corrected chi connectivity index (χ2v) is 9.31. The molecule has 1 aromatic carbocycles. The molecule has 3 nitrogen and oxygen atoms in total. The fraction of sp³-hybridized carbons (Fsp3) is 0.609. The van der Waals surface area contributed by atoms with Crippen LogP contribution >= 0.6 is 0 Å². The molecule has 0 spiro atoms. The van der Waals surface area contributed by atoms with E-state index >= 15 is 0 Å². The van der Waals surface area contributed by atoms with Crippen molar-refractivity contribution < 1.29 is 4.79 Å². The molecular weight excluding hydrogens is 320 g/mol. The first-order valence-corrected chi connectivity index (χ1v) is 10.3. The lowest BCUT2D eigenvalue weighted by Gasteiger charge is -2.50. The van der Waals surface area contributed by atoms with Gasteiger partial charge in [-0.15, -0.1) is 0 Å². The van der Waals surface area contributed by atoms with Crippen LogP contribution in [0, 0.1) is 18.3 Å². The second kappa shape index (κ2) is 6.75. The largest absolute Gasteiger partial charge is 0.361 e. The fourth-order valence-corrected chi connectivity index (χ4v) is 5.50. The zero-order chi connectivity index (χ0) is 18.3. The number of aryl methyl sites for hydroxylation is 2. The molecule has 4 rings (SSSR count). The first-order valence-electron chi connectivity index (χ1n) is 10.3.